The summed E-state index contributed by atoms with van der Waals surface area (Å²) in [5.41, 5.74) is 0. The summed E-state index contributed by atoms with van der Waals surface area (Å²) in [4.78, 5) is 1.48. The van der Waals surface area contributed by atoms with E-state index in [0.29, 0.717) is 25.9 Å². The van der Waals surface area contributed by atoms with Crippen molar-refractivity contribution in [3.8, 4) is 0 Å². The smallest absolute Gasteiger partial charge is 0.342 e. The van der Waals surface area contributed by atoms with Crippen LogP contribution in [-0.4, -0.2) is 30.2 Å². The summed E-state index contributed by atoms with van der Waals surface area (Å²) in [6.45, 7) is 4.59. The number of halogens is 3. The minimum absolute atomic E-state index is 0. The van der Waals surface area contributed by atoms with E-state index < -0.39 is 12.2 Å². The molecule has 0 saturated carbocycles. The van der Waals surface area contributed by atoms with Crippen LogP contribution in [0.1, 0.15) is 19.3 Å². The summed E-state index contributed by atoms with van der Waals surface area (Å²) in [7, 11) is 0. The van der Waals surface area contributed by atoms with Gasteiger partial charge in [0.25, 0.3) is 0 Å². The fourth-order valence-electron chi connectivity index (χ4n) is 1.67. The van der Waals surface area contributed by atoms with Crippen molar-refractivity contribution < 1.29 is 64.6 Å². The van der Waals surface area contributed by atoms with Gasteiger partial charge in [0, 0.05) is 0 Å². The summed E-state index contributed by atoms with van der Waals surface area (Å²) in [5, 5.41) is 0. The van der Waals surface area contributed by atoms with Crippen molar-refractivity contribution in [2.24, 2.45) is 0 Å². The zero-order valence-corrected chi connectivity index (χ0v) is 11.0. The Bertz CT molecular complexity index is 149. The van der Waals surface area contributed by atoms with Crippen LogP contribution in [0.15, 0.2) is 0 Å². The molecule has 0 aromatic rings. The van der Waals surface area contributed by atoms with Crippen molar-refractivity contribution in [3.05, 3.63) is 6.92 Å². The van der Waals surface area contributed by atoms with Crippen LogP contribution >= 0.6 is 0 Å². The summed E-state index contributed by atoms with van der Waals surface area (Å²) < 4.78 is 36.8. The molecule has 13 heavy (non-hydrogen) atoms. The molecule has 1 nitrogen and oxygen atoms in total. The Kier molecular flexibility index (Phi) is 6.72. The quantitative estimate of drug-likeness (QED) is 0.436. The van der Waals surface area contributed by atoms with Crippen LogP contribution in [0.4, 0.5) is 13.2 Å². The van der Waals surface area contributed by atoms with Crippen LogP contribution in [0, 0.1) is 6.92 Å². The van der Waals surface area contributed by atoms with Gasteiger partial charge in [-0.25, -0.2) is 0 Å². The second-order valence-electron chi connectivity index (χ2n) is 3.09. The fourth-order valence-corrected chi connectivity index (χ4v) is 1.67. The van der Waals surface area contributed by atoms with Crippen LogP contribution in [0.3, 0.4) is 0 Å². The largest absolute Gasteiger partial charge is 1.00 e. The Balaban J connectivity index is 0.00000144. The summed E-state index contributed by atoms with van der Waals surface area (Å²) >= 11 is 0. The van der Waals surface area contributed by atoms with E-state index in [9.17, 15) is 13.2 Å². The maximum Gasteiger partial charge on any atom is 1.00 e. The number of nitrogens with zero attached hydrogens (tertiary/aromatic N) is 1. The predicted molar refractivity (Wildman–Crippen MR) is 40.6 cm³/mol. The molecular weight excluding hydrogens is 206 g/mol. The van der Waals surface area contributed by atoms with Gasteiger partial charge in [-0.2, -0.15) is 19.6 Å². The molecule has 1 saturated heterocycles. The molecule has 72 valence electrons. The number of rotatable bonds is 2. The molecule has 0 aromatic carbocycles. The van der Waals surface area contributed by atoms with Crippen molar-refractivity contribution in [3.63, 3.8) is 0 Å². The number of likely N-dealkylation sites (tertiary alicyclic amines) is 1. The van der Waals surface area contributed by atoms with E-state index in [-0.39, 0.29) is 57.8 Å². The third-order valence-corrected chi connectivity index (χ3v) is 2.19. The van der Waals surface area contributed by atoms with Crippen LogP contribution < -0.4 is 51.4 Å². The van der Waals surface area contributed by atoms with E-state index >= 15 is 0 Å². The Morgan fingerprint density at radius 2 is 2.00 bits per heavy atom. The molecule has 0 N–H and O–H groups in total. The minimum atomic E-state index is -4.05. The van der Waals surface area contributed by atoms with Gasteiger partial charge in [0.2, 0.25) is 0 Å². The SMILES string of the molecule is [CH2-]CCN1CCCC1C(F)(F)F.[K+]. The van der Waals surface area contributed by atoms with Gasteiger partial charge in [-0.3, -0.25) is 4.90 Å². The van der Waals surface area contributed by atoms with Gasteiger partial charge in [-0.15, -0.1) is 0 Å². The molecule has 1 unspecified atom stereocenters. The van der Waals surface area contributed by atoms with Crippen LogP contribution in [0.2, 0.25) is 0 Å². The number of hydrogen-bond acceptors (Lipinski definition) is 1. The molecule has 1 heterocycles. The van der Waals surface area contributed by atoms with Crippen LogP contribution in [0.25, 0.3) is 0 Å². The topological polar surface area (TPSA) is 3.24 Å². The molecule has 0 amide bonds. The second-order valence-corrected chi connectivity index (χ2v) is 3.09. The van der Waals surface area contributed by atoms with Crippen molar-refractivity contribution >= 4 is 0 Å². The van der Waals surface area contributed by atoms with Crippen LogP contribution in [0.5, 0.6) is 0 Å². The minimum Gasteiger partial charge on any atom is -0.342 e. The van der Waals surface area contributed by atoms with E-state index in [1.165, 1.54) is 4.90 Å². The van der Waals surface area contributed by atoms with E-state index in [0.717, 1.165) is 0 Å². The average Bonchev–Trinajstić information content (AvgIpc) is 2.34. The zero-order chi connectivity index (χ0) is 9.19. The molecular formula is C8H13F3KN. The monoisotopic (exact) mass is 219 g/mol. The number of hydrogen-bond donors (Lipinski definition) is 0. The Morgan fingerprint density at radius 1 is 1.38 bits per heavy atom. The van der Waals surface area contributed by atoms with Gasteiger partial charge < -0.3 is 6.92 Å². The molecule has 1 aliphatic heterocycles. The van der Waals surface area contributed by atoms with Crippen molar-refractivity contribution in [1.29, 1.82) is 0 Å². The van der Waals surface area contributed by atoms with E-state index in [4.69, 9.17) is 0 Å². The van der Waals surface area contributed by atoms with Gasteiger partial charge in [0.05, 0.1) is 0 Å². The third kappa shape index (κ3) is 4.18. The molecule has 0 radical (unpaired) electrons. The van der Waals surface area contributed by atoms with E-state index in [2.05, 4.69) is 6.92 Å². The van der Waals surface area contributed by atoms with Crippen LogP contribution in [-0.2, 0) is 0 Å². The molecule has 1 fully saturated rings. The van der Waals surface area contributed by atoms with E-state index in [1.807, 2.05) is 0 Å². The van der Waals surface area contributed by atoms with Crippen molar-refractivity contribution in [1.82, 2.24) is 4.90 Å². The predicted octanol–water partition coefficient (Wildman–Crippen LogP) is -0.759. The molecule has 1 atom stereocenters. The molecule has 1 aliphatic rings. The third-order valence-electron chi connectivity index (χ3n) is 2.19. The summed E-state index contributed by atoms with van der Waals surface area (Å²) in [6.07, 6.45) is -2.59. The first kappa shape index (κ1) is 14.4. The van der Waals surface area contributed by atoms with Crippen molar-refractivity contribution in [2.45, 2.75) is 31.5 Å². The Morgan fingerprint density at radius 3 is 2.46 bits per heavy atom. The molecule has 0 bridgehead atoms. The van der Waals surface area contributed by atoms with Gasteiger partial charge in [0.15, 0.2) is 0 Å². The first-order valence-electron chi connectivity index (χ1n) is 4.15. The second kappa shape index (κ2) is 6.08. The van der Waals surface area contributed by atoms with Gasteiger partial charge in [0.1, 0.15) is 6.04 Å². The molecule has 1 rings (SSSR count). The zero-order valence-electron chi connectivity index (χ0n) is 7.90. The van der Waals surface area contributed by atoms with Gasteiger partial charge in [-0.05, 0) is 25.9 Å². The first-order chi connectivity index (χ1) is 5.55. The normalized spacial score (nSPS) is 24.5. The maximum absolute atomic E-state index is 12.3. The molecule has 0 aliphatic carbocycles. The fraction of sp³-hybridized carbons (Fsp3) is 0.875. The van der Waals surface area contributed by atoms with E-state index in [1.54, 1.807) is 0 Å². The average molecular weight is 219 g/mol. The molecule has 5 heteroatoms. The summed E-state index contributed by atoms with van der Waals surface area (Å²) in [6, 6.07) is -1.21. The Labute approximate surface area is 119 Å². The van der Waals surface area contributed by atoms with Crippen molar-refractivity contribution in [2.75, 3.05) is 13.1 Å². The maximum atomic E-state index is 12.3. The Hall–Kier alpha value is 1.39. The first-order valence-corrected chi connectivity index (χ1v) is 4.15. The van der Waals surface area contributed by atoms with Gasteiger partial charge in [-0.1, -0.05) is 0 Å². The number of alkyl halides is 3. The standard InChI is InChI=1S/C8H13F3N.K/c1-2-5-12-6-3-4-7(12)8(9,10)11;/h7H,1-6H2;/q-1;+1. The molecule has 0 aromatic heterocycles. The van der Waals surface area contributed by atoms with Gasteiger partial charge >= 0.3 is 57.6 Å². The summed E-state index contributed by atoms with van der Waals surface area (Å²) in [5.74, 6) is 0. The molecule has 0 spiro atoms.